The van der Waals surface area contributed by atoms with Crippen LogP contribution in [0.1, 0.15) is 102 Å². The third kappa shape index (κ3) is 10.8. The van der Waals surface area contributed by atoms with Gasteiger partial charge in [0, 0.05) is 16.6 Å². The van der Waals surface area contributed by atoms with E-state index >= 15 is 8.78 Å². The minimum absolute atomic E-state index is 0. The van der Waals surface area contributed by atoms with E-state index < -0.39 is 118 Å². The Morgan fingerprint density at radius 3 is 2.23 bits per heavy atom. The zero-order chi connectivity index (χ0) is 41.9. The number of alkyl halides is 4. The van der Waals surface area contributed by atoms with Crippen LogP contribution in [0.4, 0.5) is 22.4 Å². The zero-order valence-corrected chi connectivity index (χ0v) is 33.3. The summed E-state index contributed by atoms with van der Waals surface area (Å²) in [6.45, 7) is 6.86. The molecule has 2 aromatic rings. The fourth-order valence-corrected chi connectivity index (χ4v) is 8.48. The van der Waals surface area contributed by atoms with Crippen LogP contribution in [0, 0.1) is 23.7 Å². The van der Waals surface area contributed by atoms with Gasteiger partial charge in [-0.05, 0) is 56.1 Å². The van der Waals surface area contributed by atoms with Crippen LogP contribution < -0.4 is 20.1 Å². The normalized spacial score (nSPS) is 24.5. The van der Waals surface area contributed by atoms with Crippen LogP contribution in [-0.4, -0.2) is 94.7 Å². The van der Waals surface area contributed by atoms with Gasteiger partial charge in [-0.3, -0.25) is 19.1 Å². The van der Waals surface area contributed by atoms with Gasteiger partial charge < -0.3 is 25.4 Å². The molecule has 3 aliphatic carbocycles. The number of benzene rings is 1. The fraction of sp³-hybridized carbons (Fsp3) is 0.684. The number of nitrogens with one attached hydrogen (secondary N) is 3. The van der Waals surface area contributed by atoms with E-state index in [4.69, 9.17) is 9.84 Å². The number of halogens is 4. The van der Waals surface area contributed by atoms with E-state index in [-0.39, 0.29) is 41.0 Å². The fourth-order valence-electron chi connectivity index (χ4n) is 7.12. The Balaban J connectivity index is 0.00000170. The van der Waals surface area contributed by atoms with Crippen molar-refractivity contribution >= 4 is 44.9 Å². The number of amides is 4. The molecule has 1 aromatic carbocycles. The number of carbonyl (C=O) groups is 4. The van der Waals surface area contributed by atoms with Gasteiger partial charge >= 0.3 is 6.09 Å². The van der Waals surface area contributed by atoms with Gasteiger partial charge in [-0.15, -0.1) is 0 Å². The maximum atomic E-state index is 15.9. The van der Waals surface area contributed by atoms with Crippen LogP contribution in [0.15, 0.2) is 24.3 Å². The molecule has 0 radical (unpaired) electrons. The highest BCUT2D eigenvalue weighted by Gasteiger charge is 2.67. The molecule has 3 saturated carbocycles. The highest BCUT2D eigenvalue weighted by molar-refractivity contribution is 7.91. The first-order chi connectivity index (χ1) is 26.8. The lowest BCUT2D eigenvalue weighted by Gasteiger charge is -2.29. The zero-order valence-electron chi connectivity index (χ0n) is 32.5. The molecule has 0 unspecified atom stereocenters. The summed E-state index contributed by atoms with van der Waals surface area (Å²) in [5.74, 6) is -8.76. The van der Waals surface area contributed by atoms with Gasteiger partial charge in [0.05, 0.1) is 28.7 Å². The number of para-hydroxylation sites is 2. The average molecular weight is 835 g/mol. The van der Waals surface area contributed by atoms with Gasteiger partial charge in [0.25, 0.3) is 11.8 Å². The molecule has 6 rings (SSSR count). The van der Waals surface area contributed by atoms with E-state index in [2.05, 4.69) is 36.1 Å². The molecule has 1 aliphatic heterocycles. The van der Waals surface area contributed by atoms with E-state index in [1.807, 2.05) is 10.0 Å². The molecule has 322 valence electrons. The molecule has 0 spiro atoms. The molecule has 14 nitrogen and oxygen atoms in total. The maximum Gasteiger partial charge on any atom is 0.405 e. The molecule has 4 fully saturated rings. The van der Waals surface area contributed by atoms with E-state index in [1.165, 1.54) is 6.07 Å². The predicted octanol–water partition coefficient (Wildman–Crippen LogP) is 6.09. The number of nitrogens with zero attached hydrogens (tertiary/aromatic N) is 3. The van der Waals surface area contributed by atoms with E-state index in [0.717, 1.165) is 30.1 Å². The number of likely N-dealkylation sites (tertiary alicyclic amines) is 1. The maximum absolute atomic E-state index is 15.9. The molecule has 2 heterocycles. The SMILES string of the molecule is CC(C)C.CC[C@@H]1[C@@H](Oc2nc3ccccc3nc2C(F)(F)CCCCC2CC2)CN(C(=O)CNC(=O)O)[C@@H]1C(=O)N[C@]1(C(=O)NS(=O)(=O)C2CC2)C[C@H]1C(F)F.[HH].[HH].[HH]. The lowest BCUT2D eigenvalue weighted by molar-refractivity contribution is -0.140. The predicted molar refractivity (Wildman–Crippen MR) is 206 cm³/mol. The van der Waals surface area contributed by atoms with Crippen LogP contribution in [-0.2, 0) is 30.3 Å². The molecule has 4 N–H and O–H groups in total. The minimum Gasteiger partial charge on any atom is -0.471 e. The van der Waals surface area contributed by atoms with Crippen LogP contribution >= 0.6 is 0 Å². The number of sulfonamides is 1. The second-order valence-corrected chi connectivity index (χ2v) is 18.1. The molecular weight excluding hydrogens is 777 g/mol. The Kier molecular flexibility index (Phi) is 13.6. The topological polar surface area (TPSA) is 197 Å². The summed E-state index contributed by atoms with van der Waals surface area (Å²) in [5, 5.41) is 12.5. The van der Waals surface area contributed by atoms with E-state index in [0.29, 0.717) is 12.3 Å². The largest absolute Gasteiger partial charge is 0.471 e. The van der Waals surface area contributed by atoms with Crippen molar-refractivity contribution in [3.63, 3.8) is 0 Å². The van der Waals surface area contributed by atoms with Crippen LogP contribution in [0.25, 0.3) is 11.0 Å². The van der Waals surface area contributed by atoms with Crippen molar-refractivity contribution in [1.29, 1.82) is 0 Å². The molecule has 0 bridgehead atoms. The standard InChI is InChI=1S/C34H42F4N6O8S.C4H10.3H2/c1-2-20-24(52-30-27(40-22-8-3-4-9-23(22)41-30)34(37,38)14-6-5-7-18-10-11-18)17-44(25(45)16-39-32(48)49)26(20)29(46)42-33(15-21(33)28(35)36)31(47)43-53(50,51)19-12-13-19;1-4(2)3;;;/h3-4,8-9,18-21,24,26,28,39H,2,5-7,10-17H2,1H3,(H,42,46)(H,43,47)(H,48,49);4H,1-3H3;3*1H/t20-,21+,24+,26+,33-;;;;/m1..../s1. The van der Waals surface area contributed by atoms with Crippen LogP contribution in [0.5, 0.6) is 5.88 Å². The van der Waals surface area contributed by atoms with Gasteiger partial charge in [0.2, 0.25) is 34.1 Å². The molecule has 1 aromatic heterocycles. The number of ether oxygens (including phenoxy) is 1. The summed E-state index contributed by atoms with van der Waals surface area (Å²) in [7, 11) is -4.19. The number of hydrogen-bond acceptors (Lipinski definition) is 9. The first-order valence-electron chi connectivity index (χ1n) is 19.5. The molecule has 57 heavy (non-hydrogen) atoms. The van der Waals surface area contributed by atoms with Gasteiger partial charge in [-0.25, -0.2) is 32.0 Å². The lowest BCUT2D eigenvalue weighted by Crippen LogP contribution is -2.58. The molecule has 5 atom stereocenters. The third-order valence-corrected chi connectivity index (χ3v) is 12.3. The Morgan fingerprint density at radius 2 is 1.68 bits per heavy atom. The summed E-state index contributed by atoms with van der Waals surface area (Å²) in [6.07, 6.45) is -2.54. The van der Waals surface area contributed by atoms with Gasteiger partial charge in [-0.2, -0.15) is 8.78 Å². The van der Waals surface area contributed by atoms with Crippen LogP contribution in [0.3, 0.4) is 0 Å². The van der Waals surface area contributed by atoms with Crippen LogP contribution in [0.2, 0.25) is 0 Å². The monoisotopic (exact) mass is 834 g/mol. The summed E-state index contributed by atoms with van der Waals surface area (Å²) < 4.78 is 93.0. The van der Waals surface area contributed by atoms with Crippen molar-refractivity contribution < 1.29 is 59.3 Å². The third-order valence-electron chi connectivity index (χ3n) is 10.5. The number of carboxylic acid groups (broad SMARTS) is 1. The lowest BCUT2D eigenvalue weighted by atomic mass is 9.93. The van der Waals surface area contributed by atoms with Crippen molar-refractivity contribution in [2.24, 2.45) is 23.7 Å². The van der Waals surface area contributed by atoms with Crippen molar-refractivity contribution in [3.05, 3.63) is 30.0 Å². The highest BCUT2D eigenvalue weighted by Crippen LogP contribution is 2.49. The molecule has 4 amide bonds. The number of aromatic nitrogens is 2. The quantitative estimate of drug-likeness (QED) is 0.107. The summed E-state index contributed by atoms with van der Waals surface area (Å²) >= 11 is 0. The van der Waals surface area contributed by atoms with E-state index in [1.54, 1.807) is 25.1 Å². The summed E-state index contributed by atoms with van der Waals surface area (Å²) in [4.78, 5) is 61.5. The number of fused-ring (bicyclic) bond motifs is 1. The molecule has 4 aliphatic rings. The Hall–Kier alpha value is -4.29. The van der Waals surface area contributed by atoms with Crippen molar-refractivity contribution in [3.8, 4) is 5.88 Å². The molecule has 1 saturated heterocycles. The minimum atomic E-state index is -4.19. The Morgan fingerprint density at radius 1 is 1.05 bits per heavy atom. The first kappa shape index (κ1) is 43.8. The van der Waals surface area contributed by atoms with Gasteiger partial charge in [0.15, 0.2) is 5.69 Å². The second-order valence-electron chi connectivity index (χ2n) is 16.2. The van der Waals surface area contributed by atoms with Crippen molar-refractivity contribution in [2.75, 3.05) is 13.1 Å². The number of carbonyl (C=O) groups excluding carboxylic acids is 3. The number of hydrogen-bond donors (Lipinski definition) is 4. The highest BCUT2D eigenvalue weighted by atomic mass is 32.2. The number of unbranched alkanes of at least 4 members (excludes halogenated alkanes) is 1. The first-order valence-corrected chi connectivity index (χ1v) is 21.1. The van der Waals surface area contributed by atoms with Gasteiger partial charge in [-0.1, -0.05) is 65.5 Å². The van der Waals surface area contributed by atoms with E-state index in [9.17, 15) is 36.4 Å². The van der Waals surface area contributed by atoms with Crippen molar-refractivity contribution in [2.45, 2.75) is 127 Å². The summed E-state index contributed by atoms with van der Waals surface area (Å²) in [5.41, 5.74) is -2.64. The second kappa shape index (κ2) is 17.7. The Bertz CT molecular complexity index is 1930. The average Bonchev–Trinajstić information content (AvgIpc) is 4.01. The molecular formula is C38H58F4N6O8S. The summed E-state index contributed by atoms with van der Waals surface area (Å²) in [6, 6.07) is 4.74. The van der Waals surface area contributed by atoms with Crippen molar-refractivity contribution in [1.82, 2.24) is 30.2 Å². The number of rotatable bonds is 17. The molecule has 19 heteroatoms. The smallest absolute Gasteiger partial charge is 0.405 e. The Labute approximate surface area is 333 Å². The van der Waals surface area contributed by atoms with Gasteiger partial charge in [0.1, 0.15) is 24.2 Å².